The fraction of sp³-hybridized carbons (Fsp3) is 0.500. The smallest absolute Gasteiger partial charge is 0.191 e. The summed E-state index contributed by atoms with van der Waals surface area (Å²) in [7, 11) is 0. The first kappa shape index (κ1) is 12.2. The van der Waals surface area contributed by atoms with Crippen LogP contribution in [0.1, 0.15) is 42.5 Å². The highest BCUT2D eigenvalue weighted by atomic mass is 19.1. The Kier molecular flexibility index (Phi) is 4.26. The van der Waals surface area contributed by atoms with Gasteiger partial charge in [0.15, 0.2) is 5.78 Å². The molecule has 0 radical (unpaired) electrons. The van der Waals surface area contributed by atoms with E-state index in [0.29, 0.717) is 0 Å². The molecule has 3 heteroatoms. The van der Waals surface area contributed by atoms with Crippen molar-refractivity contribution in [1.82, 2.24) is 0 Å². The summed E-state index contributed by atoms with van der Waals surface area (Å²) in [6.07, 6.45) is 5.80. The van der Waals surface area contributed by atoms with Gasteiger partial charge in [-0.2, -0.15) is 0 Å². The molecule has 1 fully saturated rings. The number of rotatable bonds is 4. The molecule has 1 aromatic carbocycles. The van der Waals surface area contributed by atoms with Crippen LogP contribution in [-0.4, -0.2) is 18.5 Å². The first-order chi connectivity index (χ1) is 8.27. The molecule has 0 amide bonds. The van der Waals surface area contributed by atoms with Crippen LogP contribution in [0.5, 0.6) is 0 Å². The van der Waals surface area contributed by atoms with Crippen molar-refractivity contribution >= 4 is 5.78 Å². The van der Waals surface area contributed by atoms with Gasteiger partial charge in [-0.25, -0.2) is 4.39 Å². The number of halogens is 1. The molecule has 0 heterocycles. The maximum Gasteiger partial charge on any atom is 0.191 e. The van der Waals surface area contributed by atoms with Gasteiger partial charge in [0.25, 0.3) is 0 Å². The molecule has 2 nitrogen and oxygen atoms in total. The molecule has 0 aliphatic heterocycles. The normalized spacial score (nSPS) is 17.0. The molecular weight excluding hydrogens is 219 g/mol. The van der Waals surface area contributed by atoms with E-state index >= 15 is 0 Å². The highest BCUT2D eigenvalue weighted by Crippen LogP contribution is 2.20. The van der Waals surface area contributed by atoms with Crippen molar-refractivity contribution in [2.24, 2.45) is 0 Å². The van der Waals surface area contributed by atoms with E-state index in [0.717, 1.165) is 12.8 Å². The van der Waals surface area contributed by atoms with Crippen molar-refractivity contribution < 1.29 is 13.9 Å². The number of ether oxygens (including phenoxy) is 1. The third kappa shape index (κ3) is 3.37. The summed E-state index contributed by atoms with van der Waals surface area (Å²) >= 11 is 0. The van der Waals surface area contributed by atoms with E-state index in [1.807, 2.05) is 0 Å². The predicted molar refractivity (Wildman–Crippen MR) is 63.6 cm³/mol. The maximum atomic E-state index is 13.3. The molecule has 0 atom stereocenters. The van der Waals surface area contributed by atoms with Crippen LogP contribution in [-0.2, 0) is 4.74 Å². The Balaban J connectivity index is 1.87. The number of Topliss-reactive ketones (excluding diaryl/α,β-unsaturated/α-hetero) is 1. The van der Waals surface area contributed by atoms with Gasteiger partial charge in [0.1, 0.15) is 12.4 Å². The van der Waals surface area contributed by atoms with Crippen molar-refractivity contribution in [2.75, 3.05) is 6.61 Å². The zero-order valence-corrected chi connectivity index (χ0v) is 9.82. The summed E-state index contributed by atoms with van der Waals surface area (Å²) < 4.78 is 18.9. The minimum absolute atomic E-state index is 0.00833. The summed E-state index contributed by atoms with van der Waals surface area (Å²) in [6.45, 7) is -0.00833. The number of carbonyl (C=O) groups is 1. The van der Waals surface area contributed by atoms with E-state index in [2.05, 4.69) is 0 Å². The standard InChI is InChI=1S/C14H17FO2/c15-13-9-5-4-8-12(13)14(16)10-17-11-6-2-1-3-7-11/h4-5,8-9,11H,1-3,6-7,10H2. The maximum absolute atomic E-state index is 13.3. The second-order valence-corrected chi connectivity index (χ2v) is 4.47. The van der Waals surface area contributed by atoms with Gasteiger partial charge in [-0.1, -0.05) is 31.4 Å². The Labute approximate surface area is 101 Å². The Morgan fingerprint density at radius 3 is 2.65 bits per heavy atom. The van der Waals surface area contributed by atoms with Gasteiger partial charge in [0.05, 0.1) is 11.7 Å². The molecule has 1 saturated carbocycles. The van der Waals surface area contributed by atoms with Gasteiger partial charge in [-0.15, -0.1) is 0 Å². The molecule has 0 aromatic heterocycles. The largest absolute Gasteiger partial charge is 0.370 e. The van der Waals surface area contributed by atoms with Crippen molar-refractivity contribution in [3.8, 4) is 0 Å². The average Bonchev–Trinajstić information content (AvgIpc) is 2.38. The van der Waals surface area contributed by atoms with Gasteiger partial charge in [0, 0.05) is 0 Å². The van der Waals surface area contributed by atoms with Gasteiger partial charge in [-0.05, 0) is 25.0 Å². The van der Waals surface area contributed by atoms with Crippen molar-refractivity contribution in [2.45, 2.75) is 38.2 Å². The molecule has 17 heavy (non-hydrogen) atoms. The van der Waals surface area contributed by atoms with Crippen LogP contribution in [0.2, 0.25) is 0 Å². The predicted octanol–water partition coefficient (Wildman–Crippen LogP) is 3.36. The molecule has 1 aromatic rings. The summed E-state index contributed by atoms with van der Waals surface area (Å²) in [5.41, 5.74) is 0.128. The first-order valence-electron chi connectivity index (χ1n) is 6.16. The van der Waals surface area contributed by atoms with E-state index in [1.165, 1.54) is 31.4 Å². The third-order valence-electron chi connectivity index (χ3n) is 3.18. The number of ketones is 1. The molecule has 0 saturated heterocycles. The second kappa shape index (κ2) is 5.92. The van der Waals surface area contributed by atoms with Gasteiger partial charge >= 0.3 is 0 Å². The van der Waals surface area contributed by atoms with Crippen LogP contribution in [0.3, 0.4) is 0 Å². The summed E-state index contributed by atoms with van der Waals surface area (Å²) in [5.74, 6) is -0.738. The van der Waals surface area contributed by atoms with Crippen LogP contribution >= 0.6 is 0 Å². The highest BCUT2D eigenvalue weighted by Gasteiger charge is 2.17. The third-order valence-corrected chi connectivity index (χ3v) is 3.18. The molecule has 0 N–H and O–H groups in total. The minimum atomic E-state index is -0.468. The average molecular weight is 236 g/mol. The van der Waals surface area contributed by atoms with E-state index in [9.17, 15) is 9.18 Å². The molecule has 0 bridgehead atoms. The Bertz CT molecular complexity index is 384. The topological polar surface area (TPSA) is 26.3 Å². The molecular formula is C14H17FO2. The van der Waals surface area contributed by atoms with Gasteiger partial charge < -0.3 is 4.74 Å². The molecule has 1 aliphatic carbocycles. The molecule has 0 unspecified atom stereocenters. The number of hydrogen-bond donors (Lipinski definition) is 0. The Morgan fingerprint density at radius 2 is 1.94 bits per heavy atom. The quantitative estimate of drug-likeness (QED) is 0.749. The Hall–Kier alpha value is -1.22. The van der Waals surface area contributed by atoms with Crippen LogP contribution in [0.25, 0.3) is 0 Å². The number of benzene rings is 1. The van der Waals surface area contributed by atoms with E-state index in [-0.39, 0.29) is 24.1 Å². The lowest BCUT2D eigenvalue weighted by molar-refractivity contribution is 0.0282. The lowest BCUT2D eigenvalue weighted by Crippen LogP contribution is -2.21. The van der Waals surface area contributed by atoms with Crippen LogP contribution in [0.4, 0.5) is 4.39 Å². The minimum Gasteiger partial charge on any atom is -0.370 e. The second-order valence-electron chi connectivity index (χ2n) is 4.47. The zero-order chi connectivity index (χ0) is 12.1. The molecule has 92 valence electrons. The number of carbonyl (C=O) groups excluding carboxylic acids is 1. The summed E-state index contributed by atoms with van der Waals surface area (Å²) in [4.78, 5) is 11.7. The van der Waals surface area contributed by atoms with E-state index in [1.54, 1.807) is 12.1 Å². The van der Waals surface area contributed by atoms with Crippen LogP contribution < -0.4 is 0 Å². The fourth-order valence-corrected chi connectivity index (χ4v) is 2.19. The zero-order valence-electron chi connectivity index (χ0n) is 9.82. The molecule has 2 rings (SSSR count). The monoisotopic (exact) mass is 236 g/mol. The van der Waals surface area contributed by atoms with E-state index in [4.69, 9.17) is 4.74 Å². The van der Waals surface area contributed by atoms with Crippen LogP contribution in [0.15, 0.2) is 24.3 Å². The molecule has 0 spiro atoms. The molecule has 1 aliphatic rings. The lowest BCUT2D eigenvalue weighted by Gasteiger charge is -2.21. The fourth-order valence-electron chi connectivity index (χ4n) is 2.19. The van der Waals surface area contributed by atoms with Gasteiger partial charge in [0.2, 0.25) is 0 Å². The summed E-state index contributed by atoms with van der Waals surface area (Å²) in [6, 6.07) is 6.04. The van der Waals surface area contributed by atoms with Crippen molar-refractivity contribution in [3.05, 3.63) is 35.6 Å². The first-order valence-corrected chi connectivity index (χ1v) is 6.16. The van der Waals surface area contributed by atoms with Crippen LogP contribution in [0, 0.1) is 5.82 Å². The summed E-state index contributed by atoms with van der Waals surface area (Å²) in [5, 5.41) is 0. The highest BCUT2D eigenvalue weighted by molar-refractivity contribution is 5.97. The van der Waals surface area contributed by atoms with Crippen molar-refractivity contribution in [3.63, 3.8) is 0 Å². The van der Waals surface area contributed by atoms with Crippen molar-refractivity contribution in [1.29, 1.82) is 0 Å². The SMILES string of the molecule is O=C(COC1CCCCC1)c1ccccc1F. The number of hydrogen-bond acceptors (Lipinski definition) is 2. The Morgan fingerprint density at radius 1 is 1.24 bits per heavy atom. The lowest BCUT2D eigenvalue weighted by atomic mass is 9.98. The van der Waals surface area contributed by atoms with Gasteiger partial charge in [-0.3, -0.25) is 4.79 Å². The van der Waals surface area contributed by atoms with E-state index < -0.39 is 5.82 Å².